The van der Waals surface area contributed by atoms with Crippen molar-refractivity contribution < 1.29 is 0 Å². The minimum absolute atomic E-state index is 0.608. The first-order chi connectivity index (χ1) is 5.74. The van der Waals surface area contributed by atoms with Gasteiger partial charge in [-0.2, -0.15) is 0 Å². The molecule has 1 aromatic carbocycles. The zero-order valence-electron chi connectivity index (χ0n) is 6.58. The molecule has 3 heteroatoms. The van der Waals surface area contributed by atoms with Gasteiger partial charge in [0, 0.05) is 4.90 Å². The number of anilines is 2. The smallest absolute Gasteiger partial charge is 0.0592 e. The van der Waals surface area contributed by atoms with Crippen molar-refractivity contribution in [3.63, 3.8) is 0 Å². The predicted molar refractivity (Wildman–Crippen MR) is 54.8 cm³/mol. The third-order valence-electron chi connectivity index (χ3n) is 1.38. The van der Waals surface area contributed by atoms with Crippen molar-refractivity contribution in [2.75, 3.05) is 17.2 Å². The Morgan fingerprint density at radius 1 is 1.33 bits per heavy atom. The fourth-order valence-electron chi connectivity index (χ4n) is 0.768. The van der Waals surface area contributed by atoms with E-state index < -0.39 is 0 Å². The van der Waals surface area contributed by atoms with E-state index >= 15 is 0 Å². The lowest BCUT2D eigenvalue weighted by Gasteiger charge is -2.01. The van der Waals surface area contributed by atoms with Crippen LogP contribution in [0.1, 0.15) is 0 Å². The molecule has 0 aliphatic carbocycles. The molecule has 0 fully saturated rings. The summed E-state index contributed by atoms with van der Waals surface area (Å²) in [6.45, 7) is 0. The minimum atomic E-state index is 0.608. The molecule has 2 nitrogen and oxygen atoms in total. The van der Waals surface area contributed by atoms with Crippen LogP contribution in [0, 0.1) is 12.3 Å². The largest absolute Gasteiger partial charge is 0.397 e. The molecule has 0 aromatic heterocycles. The number of hydrogen-bond acceptors (Lipinski definition) is 3. The zero-order valence-corrected chi connectivity index (χ0v) is 7.40. The molecule has 0 saturated heterocycles. The number of thioether (sulfide) groups is 1. The Morgan fingerprint density at radius 3 is 2.67 bits per heavy atom. The van der Waals surface area contributed by atoms with E-state index in [-0.39, 0.29) is 0 Å². The summed E-state index contributed by atoms with van der Waals surface area (Å²) in [4.78, 5) is 1.06. The van der Waals surface area contributed by atoms with E-state index in [1.54, 1.807) is 17.8 Å². The second-order valence-electron chi connectivity index (χ2n) is 2.28. The van der Waals surface area contributed by atoms with Crippen molar-refractivity contribution in [3.05, 3.63) is 18.2 Å². The van der Waals surface area contributed by atoms with Gasteiger partial charge in [-0.3, -0.25) is 0 Å². The van der Waals surface area contributed by atoms with Crippen LogP contribution < -0.4 is 11.5 Å². The fourth-order valence-corrected chi connectivity index (χ4v) is 1.39. The summed E-state index contributed by atoms with van der Waals surface area (Å²) < 4.78 is 0. The average Bonchev–Trinajstić information content (AvgIpc) is 2.07. The maximum Gasteiger partial charge on any atom is 0.0592 e. The van der Waals surface area contributed by atoms with Crippen LogP contribution in [0.3, 0.4) is 0 Å². The molecule has 1 rings (SSSR count). The van der Waals surface area contributed by atoms with Crippen LogP contribution in [-0.2, 0) is 0 Å². The maximum absolute atomic E-state index is 5.60. The van der Waals surface area contributed by atoms with Crippen LogP contribution >= 0.6 is 11.8 Å². The van der Waals surface area contributed by atoms with Crippen LogP contribution in [0.25, 0.3) is 0 Å². The van der Waals surface area contributed by atoms with Crippen molar-refractivity contribution >= 4 is 23.1 Å². The number of benzene rings is 1. The number of terminal acetylenes is 1. The summed E-state index contributed by atoms with van der Waals surface area (Å²) in [5, 5.41) is 0. The molecule has 0 saturated carbocycles. The Hall–Kier alpha value is -1.27. The van der Waals surface area contributed by atoms with Gasteiger partial charge in [0.2, 0.25) is 0 Å². The number of nitrogen functional groups attached to an aromatic ring is 2. The highest BCUT2D eigenvalue weighted by Gasteiger charge is 1.96. The SMILES string of the molecule is C#CCSc1ccc(N)c(N)c1. The van der Waals surface area contributed by atoms with E-state index in [9.17, 15) is 0 Å². The molecule has 12 heavy (non-hydrogen) atoms. The van der Waals surface area contributed by atoms with Gasteiger partial charge in [0.25, 0.3) is 0 Å². The van der Waals surface area contributed by atoms with E-state index in [0.717, 1.165) is 4.90 Å². The van der Waals surface area contributed by atoms with Crippen molar-refractivity contribution in [2.45, 2.75) is 4.90 Å². The van der Waals surface area contributed by atoms with Gasteiger partial charge in [-0.1, -0.05) is 5.92 Å². The lowest BCUT2D eigenvalue weighted by Crippen LogP contribution is -1.93. The van der Waals surface area contributed by atoms with E-state index in [1.165, 1.54) is 0 Å². The highest BCUT2D eigenvalue weighted by molar-refractivity contribution is 7.99. The number of hydrogen-bond donors (Lipinski definition) is 2. The Kier molecular flexibility index (Phi) is 2.89. The molecular weight excluding hydrogens is 168 g/mol. The molecule has 0 unspecified atom stereocenters. The second-order valence-corrected chi connectivity index (χ2v) is 3.33. The molecule has 0 heterocycles. The van der Waals surface area contributed by atoms with Gasteiger partial charge < -0.3 is 11.5 Å². The van der Waals surface area contributed by atoms with Crippen LogP contribution in [0.15, 0.2) is 23.1 Å². The monoisotopic (exact) mass is 178 g/mol. The van der Waals surface area contributed by atoms with Gasteiger partial charge in [-0.15, -0.1) is 18.2 Å². The van der Waals surface area contributed by atoms with Crippen molar-refractivity contribution in [1.82, 2.24) is 0 Å². The summed E-state index contributed by atoms with van der Waals surface area (Å²) in [6.07, 6.45) is 5.12. The zero-order chi connectivity index (χ0) is 8.97. The van der Waals surface area contributed by atoms with Gasteiger partial charge in [-0.05, 0) is 18.2 Å². The van der Waals surface area contributed by atoms with Crippen LogP contribution in [0.2, 0.25) is 0 Å². The molecule has 62 valence electrons. The summed E-state index contributed by atoms with van der Waals surface area (Å²) >= 11 is 1.57. The maximum atomic E-state index is 5.60. The standard InChI is InChI=1S/C9H10N2S/c1-2-5-12-7-3-4-8(10)9(11)6-7/h1,3-4,6H,5,10-11H2. The third-order valence-corrected chi connectivity index (χ3v) is 2.28. The van der Waals surface area contributed by atoms with Crippen molar-refractivity contribution in [2.24, 2.45) is 0 Å². The minimum Gasteiger partial charge on any atom is -0.397 e. The van der Waals surface area contributed by atoms with Crippen molar-refractivity contribution in [1.29, 1.82) is 0 Å². The first-order valence-corrected chi connectivity index (χ1v) is 4.44. The molecule has 0 aliphatic heterocycles. The molecule has 0 amide bonds. The lowest BCUT2D eigenvalue weighted by atomic mass is 10.3. The fraction of sp³-hybridized carbons (Fsp3) is 0.111. The van der Waals surface area contributed by atoms with Gasteiger partial charge in [0.1, 0.15) is 0 Å². The van der Waals surface area contributed by atoms with E-state index in [0.29, 0.717) is 17.1 Å². The van der Waals surface area contributed by atoms with E-state index in [1.807, 2.05) is 12.1 Å². The highest BCUT2D eigenvalue weighted by Crippen LogP contribution is 2.23. The molecule has 0 radical (unpaired) electrons. The van der Waals surface area contributed by atoms with Gasteiger partial charge in [0.05, 0.1) is 17.1 Å². The quantitative estimate of drug-likeness (QED) is 0.410. The topological polar surface area (TPSA) is 52.0 Å². The van der Waals surface area contributed by atoms with E-state index in [2.05, 4.69) is 5.92 Å². The summed E-state index contributed by atoms with van der Waals surface area (Å²) in [7, 11) is 0. The Labute approximate surface area is 76.3 Å². The van der Waals surface area contributed by atoms with Crippen LogP contribution in [0.5, 0.6) is 0 Å². The summed E-state index contributed by atoms with van der Waals surface area (Å²) in [6, 6.07) is 5.53. The van der Waals surface area contributed by atoms with Gasteiger partial charge in [0.15, 0.2) is 0 Å². The highest BCUT2D eigenvalue weighted by atomic mass is 32.2. The molecule has 4 N–H and O–H groups in total. The molecule has 0 spiro atoms. The summed E-state index contributed by atoms with van der Waals surface area (Å²) in [5.41, 5.74) is 12.4. The molecular formula is C9H10N2S. The van der Waals surface area contributed by atoms with Gasteiger partial charge >= 0.3 is 0 Å². The number of nitrogens with two attached hydrogens (primary N) is 2. The predicted octanol–water partition coefficient (Wildman–Crippen LogP) is 1.58. The first-order valence-electron chi connectivity index (χ1n) is 3.45. The Morgan fingerprint density at radius 2 is 2.08 bits per heavy atom. The van der Waals surface area contributed by atoms with E-state index in [4.69, 9.17) is 17.9 Å². The Balaban J connectivity index is 2.77. The first kappa shape index (κ1) is 8.82. The van der Waals surface area contributed by atoms with Crippen LogP contribution in [-0.4, -0.2) is 5.75 Å². The Bertz CT molecular complexity index is 315. The second kappa shape index (κ2) is 3.93. The number of rotatable bonds is 2. The third kappa shape index (κ3) is 2.11. The molecule has 0 aliphatic rings. The average molecular weight is 178 g/mol. The van der Waals surface area contributed by atoms with Crippen LogP contribution in [0.4, 0.5) is 11.4 Å². The van der Waals surface area contributed by atoms with Crippen molar-refractivity contribution in [3.8, 4) is 12.3 Å². The molecule has 1 aromatic rings. The summed E-state index contributed by atoms with van der Waals surface area (Å²) in [5.74, 6) is 3.20. The molecule has 0 atom stereocenters. The lowest BCUT2D eigenvalue weighted by molar-refractivity contribution is 1.46. The molecule has 0 bridgehead atoms. The van der Waals surface area contributed by atoms with Gasteiger partial charge in [-0.25, -0.2) is 0 Å². The normalized spacial score (nSPS) is 9.25.